The first-order valence-electron chi connectivity index (χ1n) is 6.99. The standard InChI is InChI=1S/C14H23N3O2S/c1-17(2)14-11-7-6-10-13(14)15-16-20(18,19)12-8-4-3-5-9-12/h3-5,8-9,13-16H,6-7,10-11H2,1-2H3/t13-,14-/m0/s1. The maximum atomic E-state index is 12.2. The van der Waals surface area contributed by atoms with Crippen LogP contribution in [0.4, 0.5) is 0 Å². The van der Waals surface area contributed by atoms with Gasteiger partial charge in [-0.1, -0.05) is 31.0 Å². The molecule has 0 aliphatic heterocycles. The van der Waals surface area contributed by atoms with Crippen LogP contribution in [0.1, 0.15) is 25.7 Å². The summed E-state index contributed by atoms with van der Waals surface area (Å²) in [6.45, 7) is 0. The highest BCUT2D eigenvalue weighted by atomic mass is 32.2. The van der Waals surface area contributed by atoms with Crippen molar-refractivity contribution in [2.45, 2.75) is 42.7 Å². The zero-order valence-electron chi connectivity index (χ0n) is 12.0. The maximum absolute atomic E-state index is 12.2. The van der Waals surface area contributed by atoms with Gasteiger partial charge in [0.1, 0.15) is 0 Å². The average Bonchev–Trinajstić information content (AvgIpc) is 2.46. The second kappa shape index (κ2) is 6.67. The Morgan fingerprint density at radius 1 is 1.10 bits per heavy atom. The van der Waals surface area contributed by atoms with E-state index >= 15 is 0 Å². The number of sulfonamides is 1. The molecule has 0 amide bonds. The van der Waals surface area contributed by atoms with Crippen LogP contribution in [0.2, 0.25) is 0 Å². The first-order valence-corrected chi connectivity index (χ1v) is 8.48. The number of hydrazine groups is 1. The Morgan fingerprint density at radius 3 is 2.40 bits per heavy atom. The molecule has 2 atom stereocenters. The SMILES string of the molecule is CN(C)[C@H]1CCCC[C@@H]1NNS(=O)(=O)c1ccccc1. The van der Waals surface area contributed by atoms with E-state index in [2.05, 4.69) is 15.2 Å². The third-order valence-electron chi connectivity index (χ3n) is 3.82. The Hall–Kier alpha value is -0.950. The van der Waals surface area contributed by atoms with E-state index in [1.54, 1.807) is 30.3 Å². The molecule has 6 heteroatoms. The maximum Gasteiger partial charge on any atom is 0.253 e. The molecule has 0 spiro atoms. The lowest BCUT2D eigenvalue weighted by Crippen LogP contribution is -2.54. The van der Waals surface area contributed by atoms with Gasteiger partial charge in [0, 0.05) is 12.1 Å². The molecule has 0 saturated heterocycles. The molecular weight excluding hydrogens is 274 g/mol. The van der Waals surface area contributed by atoms with E-state index in [-0.39, 0.29) is 10.9 Å². The molecular formula is C14H23N3O2S. The van der Waals surface area contributed by atoms with Crippen LogP contribution in [-0.4, -0.2) is 39.5 Å². The zero-order valence-corrected chi connectivity index (χ0v) is 12.9. The van der Waals surface area contributed by atoms with Gasteiger partial charge in [-0.2, -0.15) is 0 Å². The van der Waals surface area contributed by atoms with Gasteiger partial charge in [0.15, 0.2) is 0 Å². The lowest BCUT2D eigenvalue weighted by molar-refractivity contribution is 0.173. The van der Waals surface area contributed by atoms with Gasteiger partial charge < -0.3 is 4.90 Å². The van der Waals surface area contributed by atoms with Crippen LogP contribution in [0.25, 0.3) is 0 Å². The van der Waals surface area contributed by atoms with E-state index in [9.17, 15) is 8.42 Å². The van der Waals surface area contributed by atoms with Gasteiger partial charge in [-0.3, -0.25) is 0 Å². The van der Waals surface area contributed by atoms with Gasteiger partial charge in [-0.25, -0.2) is 13.8 Å². The molecule has 2 N–H and O–H groups in total. The van der Waals surface area contributed by atoms with Crippen molar-refractivity contribution in [3.8, 4) is 0 Å². The fourth-order valence-electron chi connectivity index (χ4n) is 2.71. The van der Waals surface area contributed by atoms with Crippen molar-refractivity contribution in [1.29, 1.82) is 0 Å². The number of likely N-dealkylation sites (N-methyl/N-ethyl adjacent to an activating group) is 1. The summed E-state index contributed by atoms with van der Waals surface area (Å²) in [6.07, 6.45) is 4.42. The molecule has 1 aromatic carbocycles. The normalized spacial score (nSPS) is 23.9. The van der Waals surface area contributed by atoms with Crippen LogP contribution in [-0.2, 0) is 10.0 Å². The minimum Gasteiger partial charge on any atom is -0.305 e. The third kappa shape index (κ3) is 3.79. The molecule has 20 heavy (non-hydrogen) atoms. The topological polar surface area (TPSA) is 61.4 Å². The van der Waals surface area contributed by atoms with E-state index in [0.717, 1.165) is 19.3 Å². The largest absolute Gasteiger partial charge is 0.305 e. The molecule has 2 rings (SSSR count). The molecule has 1 saturated carbocycles. The van der Waals surface area contributed by atoms with Crippen molar-refractivity contribution >= 4 is 10.0 Å². The van der Waals surface area contributed by atoms with Crippen LogP contribution in [0.15, 0.2) is 35.2 Å². The summed E-state index contributed by atoms with van der Waals surface area (Å²) in [4.78, 5) is 4.97. The molecule has 0 aromatic heterocycles. The summed E-state index contributed by atoms with van der Waals surface area (Å²) in [7, 11) is 0.588. The van der Waals surface area contributed by atoms with Crippen molar-refractivity contribution < 1.29 is 8.42 Å². The van der Waals surface area contributed by atoms with Crippen molar-refractivity contribution in [3.05, 3.63) is 30.3 Å². The molecule has 0 unspecified atom stereocenters. The number of hydrogen-bond acceptors (Lipinski definition) is 4. The predicted molar refractivity (Wildman–Crippen MR) is 79.6 cm³/mol. The minimum absolute atomic E-state index is 0.150. The van der Waals surface area contributed by atoms with Crippen molar-refractivity contribution in [3.63, 3.8) is 0 Å². The molecule has 0 bridgehead atoms. The summed E-state index contributed by atoms with van der Waals surface area (Å²) in [5.41, 5.74) is 3.01. The van der Waals surface area contributed by atoms with E-state index in [0.29, 0.717) is 6.04 Å². The second-order valence-electron chi connectivity index (χ2n) is 5.48. The Morgan fingerprint density at radius 2 is 1.75 bits per heavy atom. The fourth-order valence-corrected chi connectivity index (χ4v) is 3.65. The molecule has 1 fully saturated rings. The number of rotatable bonds is 5. The lowest BCUT2D eigenvalue weighted by Gasteiger charge is -2.36. The third-order valence-corrected chi connectivity index (χ3v) is 5.10. The summed E-state index contributed by atoms with van der Waals surface area (Å²) >= 11 is 0. The quantitative estimate of drug-likeness (QED) is 0.805. The second-order valence-corrected chi connectivity index (χ2v) is 7.17. The highest BCUT2D eigenvalue weighted by Gasteiger charge is 2.27. The number of hydrogen-bond donors (Lipinski definition) is 2. The van der Waals surface area contributed by atoms with E-state index in [1.807, 2.05) is 14.1 Å². The Labute approximate surface area is 121 Å². The van der Waals surface area contributed by atoms with Crippen LogP contribution in [0.3, 0.4) is 0 Å². The summed E-state index contributed by atoms with van der Waals surface area (Å²) < 4.78 is 24.3. The van der Waals surface area contributed by atoms with Gasteiger partial charge in [0.2, 0.25) is 0 Å². The Bertz CT molecular complexity index is 516. The van der Waals surface area contributed by atoms with Crippen LogP contribution >= 0.6 is 0 Å². The van der Waals surface area contributed by atoms with Crippen molar-refractivity contribution in [2.24, 2.45) is 0 Å². The first-order chi connectivity index (χ1) is 9.50. The van der Waals surface area contributed by atoms with E-state index in [1.165, 1.54) is 6.42 Å². The molecule has 0 heterocycles. The zero-order chi connectivity index (χ0) is 14.6. The molecule has 0 radical (unpaired) electrons. The van der Waals surface area contributed by atoms with Crippen LogP contribution < -0.4 is 10.3 Å². The van der Waals surface area contributed by atoms with Gasteiger partial charge in [0.05, 0.1) is 4.90 Å². The number of nitrogens with zero attached hydrogens (tertiary/aromatic N) is 1. The van der Waals surface area contributed by atoms with Gasteiger partial charge in [-0.15, -0.1) is 4.83 Å². The minimum atomic E-state index is -3.49. The molecule has 1 aliphatic rings. The van der Waals surface area contributed by atoms with Crippen LogP contribution in [0.5, 0.6) is 0 Å². The number of nitrogens with one attached hydrogen (secondary N) is 2. The highest BCUT2D eigenvalue weighted by molar-refractivity contribution is 7.89. The van der Waals surface area contributed by atoms with E-state index in [4.69, 9.17) is 0 Å². The van der Waals surface area contributed by atoms with Crippen LogP contribution in [0, 0.1) is 0 Å². The average molecular weight is 297 g/mol. The van der Waals surface area contributed by atoms with Crippen molar-refractivity contribution in [2.75, 3.05) is 14.1 Å². The highest BCUT2D eigenvalue weighted by Crippen LogP contribution is 2.21. The monoisotopic (exact) mass is 297 g/mol. The summed E-state index contributed by atoms with van der Waals surface area (Å²) in [5, 5.41) is 0. The van der Waals surface area contributed by atoms with Crippen molar-refractivity contribution in [1.82, 2.24) is 15.2 Å². The predicted octanol–water partition coefficient (Wildman–Crippen LogP) is 1.34. The van der Waals surface area contributed by atoms with Gasteiger partial charge >= 0.3 is 0 Å². The molecule has 112 valence electrons. The fraction of sp³-hybridized carbons (Fsp3) is 0.571. The summed E-state index contributed by atoms with van der Waals surface area (Å²) in [5.74, 6) is 0. The molecule has 1 aromatic rings. The Balaban J connectivity index is 2.00. The summed E-state index contributed by atoms with van der Waals surface area (Å²) in [6, 6.07) is 8.94. The van der Waals surface area contributed by atoms with Gasteiger partial charge in [0.25, 0.3) is 10.0 Å². The smallest absolute Gasteiger partial charge is 0.253 e. The van der Waals surface area contributed by atoms with Gasteiger partial charge in [-0.05, 0) is 39.1 Å². The number of benzene rings is 1. The Kier molecular flexibility index (Phi) is 5.15. The molecule has 5 nitrogen and oxygen atoms in total. The van der Waals surface area contributed by atoms with E-state index < -0.39 is 10.0 Å². The first kappa shape index (κ1) is 15.4. The lowest BCUT2D eigenvalue weighted by atomic mass is 9.90. The molecule has 1 aliphatic carbocycles.